The average Bonchev–Trinajstić information content (AvgIpc) is 3.61. The smallest absolute Gasteiger partial charge is 0.305 e. The van der Waals surface area contributed by atoms with Crippen LogP contribution in [0.5, 0.6) is 11.5 Å². The lowest BCUT2D eigenvalue weighted by molar-refractivity contribution is -0.140. The largest absolute Gasteiger partial charge is 0.469 e. The van der Waals surface area contributed by atoms with Gasteiger partial charge in [-0.2, -0.15) is 0 Å². The number of carbonyl (C=O) groups is 1. The van der Waals surface area contributed by atoms with E-state index in [1.807, 2.05) is 66.9 Å². The molecule has 0 atom stereocenters. The Balaban J connectivity index is 1.16. The van der Waals surface area contributed by atoms with Crippen LogP contribution in [0.2, 0.25) is 0 Å². The van der Waals surface area contributed by atoms with Crippen LogP contribution >= 0.6 is 0 Å². The van der Waals surface area contributed by atoms with Crippen LogP contribution in [0.25, 0.3) is 22.3 Å². The summed E-state index contributed by atoms with van der Waals surface area (Å²) in [4.78, 5) is 17.6. The second-order valence-corrected chi connectivity index (χ2v) is 8.94. The van der Waals surface area contributed by atoms with E-state index in [0.29, 0.717) is 18.7 Å². The minimum atomic E-state index is -0.170. The van der Waals surface area contributed by atoms with Gasteiger partial charge in [-0.05, 0) is 66.9 Å². The summed E-state index contributed by atoms with van der Waals surface area (Å²) in [6.07, 6.45) is 5.43. The predicted molar refractivity (Wildman–Crippen MR) is 147 cm³/mol. The Kier molecular flexibility index (Phi) is 7.80. The summed E-state index contributed by atoms with van der Waals surface area (Å²) in [6.45, 7) is 0. The lowest BCUT2D eigenvalue weighted by atomic mass is 10.1. The molecule has 5 aromatic rings. The van der Waals surface area contributed by atoms with E-state index in [1.165, 1.54) is 7.11 Å². The molecule has 0 aliphatic rings. The maximum Gasteiger partial charge on any atom is 0.305 e. The first kappa shape index (κ1) is 24.8. The maximum absolute atomic E-state index is 11.1. The van der Waals surface area contributed by atoms with E-state index in [0.717, 1.165) is 64.2 Å². The molecule has 0 bridgehead atoms. The number of aromatic amines is 2. The molecule has 0 aliphatic carbocycles. The molecule has 190 valence electrons. The summed E-state index contributed by atoms with van der Waals surface area (Å²) >= 11 is 0. The number of aromatic nitrogens is 4. The van der Waals surface area contributed by atoms with Gasteiger partial charge in [-0.15, -0.1) is 10.2 Å². The zero-order chi connectivity index (χ0) is 26.2. The number of fused-ring (bicyclic) bond motifs is 1. The number of unbranched alkanes of at least 4 members (excludes halogenated alkanes) is 2. The van der Waals surface area contributed by atoms with Crippen LogP contribution in [-0.2, 0) is 16.0 Å². The quantitative estimate of drug-likeness (QED) is 0.137. The number of hydrogen-bond donors (Lipinski definition) is 2. The Bertz CT molecular complexity index is 1590. The van der Waals surface area contributed by atoms with Crippen LogP contribution in [0.15, 0.2) is 79.0 Å². The van der Waals surface area contributed by atoms with Crippen molar-refractivity contribution in [2.24, 2.45) is 0 Å². The molecular formula is C31H28N4O3. The Hall–Kier alpha value is -4.83. The summed E-state index contributed by atoms with van der Waals surface area (Å²) in [6, 6.07) is 23.9. The second-order valence-electron chi connectivity index (χ2n) is 8.94. The molecule has 0 unspecified atom stereocenters. The van der Waals surface area contributed by atoms with Gasteiger partial charge < -0.3 is 19.4 Å². The number of hydrogen-bond acceptors (Lipinski definition) is 5. The van der Waals surface area contributed by atoms with Gasteiger partial charge in [0.15, 0.2) is 5.82 Å². The van der Waals surface area contributed by atoms with Gasteiger partial charge in [0, 0.05) is 47.5 Å². The molecule has 0 radical (unpaired) electrons. The normalized spacial score (nSPS) is 10.7. The van der Waals surface area contributed by atoms with Crippen LogP contribution in [0.1, 0.15) is 42.6 Å². The summed E-state index contributed by atoms with van der Waals surface area (Å²) in [5.74, 6) is 9.17. The first-order chi connectivity index (χ1) is 18.7. The van der Waals surface area contributed by atoms with Crippen molar-refractivity contribution in [2.45, 2.75) is 32.1 Å². The molecule has 0 saturated heterocycles. The van der Waals surface area contributed by atoms with Crippen LogP contribution in [0, 0.1) is 11.8 Å². The monoisotopic (exact) mass is 504 g/mol. The SMILES string of the molecule is COC(=O)CCCCC#Cc1ccc(Cc2nnc(-c3cccc(Oc4ccc5[nH]ccc5c4)c3)[nH]2)cc1. The highest BCUT2D eigenvalue weighted by Crippen LogP contribution is 2.28. The molecule has 7 heteroatoms. The van der Waals surface area contributed by atoms with Crippen molar-refractivity contribution in [3.05, 3.63) is 95.9 Å². The van der Waals surface area contributed by atoms with Crippen LogP contribution < -0.4 is 4.74 Å². The van der Waals surface area contributed by atoms with E-state index in [2.05, 4.69) is 48.9 Å². The summed E-state index contributed by atoms with van der Waals surface area (Å²) in [5.41, 5.74) is 4.06. The molecule has 7 nitrogen and oxygen atoms in total. The Morgan fingerprint density at radius 1 is 0.947 bits per heavy atom. The average molecular weight is 505 g/mol. The van der Waals surface area contributed by atoms with Crippen LogP contribution in [-0.4, -0.2) is 33.2 Å². The highest BCUT2D eigenvalue weighted by atomic mass is 16.5. The molecule has 0 saturated carbocycles. The van der Waals surface area contributed by atoms with Crippen molar-refractivity contribution < 1.29 is 14.3 Å². The molecule has 0 amide bonds. The minimum absolute atomic E-state index is 0.170. The van der Waals surface area contributed by atoms with Gasteiger partial charge in [0.25, 0.3) is 0 Å². The first-order valence-corrected chi connectivity index (χ1v) is 12.6. The van der Waals surface area contributed by atoms with Gasteiger partial charge >= 0.3 is 5.97 Å². The van der Waals surface area contributed by atoms with Gasteiger partial charge in [0.05, 0.1) is 7.11 Å². The highest BCUT2D eigenvalue weighted by molar-refractivity contribution is 5.80. The third-order valence-corrected chi connectivity index (χ3v) is 6.12. The first-order valence-electron chi connectivity index (χ1n) is 12.6. The number of H-pyrrole nitrogens is 2. The van der Waals surface area contributed by atoms with E-state index < -0.39 is 0 Å². The van der Waals surface area contributed by atoms with E-state index in [-0.39, 0.29) is 5.97 Å². The third kappa shape index (κ3) is 6.48. The van der Waals surface area contributed by atoms with E-state index >= 15 is 0 Å². The molecule has 2 N–H and O–H groups in total. The zero-order valence-electron chi connectivity index (χ0n) is 21.2. The van der Waals surface area contributed by atoms with Crippen LogP contribution in [0.4, 0.5) is 0 Å². The number of ether oxygens (including phenoxy) is 2. The lowest BCUT2D eigenvalue weighted by Gasteiger charge is -2.07. The van der Waals surface area contributed by atoms with Crippen molar-refractivity contribution >= 4 is 16.9 Å². The topological polar surface area (TPSA) is 92.9 Å². The number of esters is 1. The fourth-order valence-electron chi connectivity index (χ4n) is 4.09. The number of methoxy groups -OCH3 is 1. The van der Waals surface area contributed by atoms with Crippen molar-refractivity contribution in [1.82, 2.24) is 20.2 Å². The van der Waals surface area contributed by atoms with E-state index in [1.54, 1.807) is 0 Å². The summed E-state index contributed by atoms with van der Waals surface area (Å²) in [5, 5.41) is 9.79. The van der Waals surface area contributed by atoms with Crippen molar-refractivity contribution in [3.8, 4) is 34.7 Å². The highest BCUT2D eigenvalue weighted by Gasteiger charge is 2.09. The van der Waals surface area contributed by atoms with E-state index in [9.17, 15) is 4.79 Å². The van der Waals surface area contributed by atoms with Crippen LogP contribution in [0.3, 0.4) is 0 Å². The molecule has 0 fully saturated rings. The number of nitrogens with one attached hydrogen (secondary N) is 2. The Labute approximate surface area is 221 Å². The predicted octanol–water partition coefficient (Wildman–Crippen LogP) is 6.42. The Morgan fingerprint density at radius 3 is 2.68 bits per heavy atom. The zero-order valence-corrected chi connectivity index (χ0v) is 21.2. The molecule has 0 spiro atoms. The molecule has 3 aromatic carbocycles. The molecule has 5 rings (SSSR count). The Morgan fingerprint density at radius 2 is 1.82 bits per heavy atom. The summed E-state index contributed by atoms with van der Waals surface area (Å²) < 4.78 is 10.7. The molecule has 2 aromatic heterocycles. The summed E-state index contributed by atoms with van der Waals surface area (Å²) in [7, 11) is 1.41. The van der Waals surface area contributed by atoms with Gasteiger partial charge in [0.2, 0.25) is 0 Å². The second kappa shape index (κ2) is 11.9. The van der Waals surface area contributed by atoms with Gasteiger partial charge in [-0.3, -0.25) is 4.79 Å². The third-order valence-electron chi connectivity index (χ3n) is 6.12. The standard InChI is InChI=1S/C31H28N4O3/c1-37-30(36)10-5-3-2-4-7-22-11-13-23(14-12-22)19-29-33-31(35-34-29)25-8-6-9-26(21-25)38-27-15-16-28-24(20-27)17-18-32-28/h6,8-9,11-18,20-21,32H,2-3,5,10,19H2,1H3,(H,33,34,35). The number of carbonyl (C=O) groups excluding carboxylic acids is 1. The number of nitrogens with zero attached hydrogens (tertiary/aromatic N) is 2. The molecule has 2 heterocycles. The molecule has 38 heavy (non-hydrogen) atoms. The minimum Gasteiger partial charge on any atom is -0.469 e. The maximum atomic E-state index is 11.1. The number of rotatable bonds is 9. The van der Waals surface area contributed by atoms with Gasteiger partial charge in [0.1, 0.15) is 17.3 Å². The molecular weight excluding hydrogens is 476 g/mol. The lowest BCUT2D eigenvalue weighted by Crippen LogP contribution is -1.98. The van der Waals surface area contributed by atoms with Crippen molar-refractivity contribution in [3.63, 3.8) is 0 Å². The van der Waals surface area contributed by atoms with Gasteiger partial charge in [-0.25, -0.2) is 0 Å². The number of benzene rings is 3. The van der Waals surface area contributed by atoms with Crippen molar-refractivity contribution in [2.75, 3.05) is 7.11 Å². The van der Waals surface area contributed by atoms with Crippen molar-refractivity contribution in [1.29, 1.82) is 0 Å². The van der Waals surface area contributed by atoms with Gasteiger partial charge in [-0.1, -0.05) is 36.1 Å². The fraction of sp³-hybridized carbons (Fsp3) is 0.194. The molecule has 0 aliphatic heterocycles. The fourth-order valence-corrected chi connectivity index (χ4v) is 4.09. The van der Waals surface area contributed by atoms with E-state index in [4.69, 9.17) is 4.74 Å².